The maximum absolute atomic E-state index is 6.13. The summed E-state index contributed by atoms with van der Waals surface area (Å²) in [7, 11) is 0. The largest absolute Gasteiger partial charge is 0.330 e. The van der Waals surface area contributed by atoms with Gasteiger partial charge in [-0.3, -0.25) is 0 Å². The third kappa shape index (κ3) is 2.56. The standard InChI is InChI=1S/C12H20N2/c1-9(2)12(14)11-6-4-3-5-10(11)7-8-13/h3-6,9,12H,7-8,13-14H2,1-2H3. The highest BCUT2D eigenvalue weighted by Gasteiger charge is 2.13. The third-order valence-electron chi connectivity index (χ3n) is 2.55. The first-order valence-corrected chi connectivity index (χ1v) is 5.20. The first-order valence-electron chi connectivity index (χ1n) is 5.20. The van der Waals surface area contributed by atoms with E-state index in [2.05, 4.69) is 26.0 Å². The van der Waals surface area contributed by atoms with Gasteiger partial charge in [-0.05, 0) is 30.0 Å². The van der Waals surface area contributed by atoms with E-state index in [0.29, 0.717) is 12.5 Å². The van der Waals surface area contributed by atoms with Gasteiger partial charge >= 0.3 is 0 Å². The van der Waals surface area contributed by atoms with Crippen LogP contribution in [0.25, 0.3) is 0 Å². The van der Waals surface area contributed by atoms with Gasteiger partial charge in [0.05, 0.1) is 0 Å². The van der Waals surface area contributed by atoms with Crippen LogP contribution in [0.3, 0.4) is 0 Å². The zero-order chi connectivity index (χ0) is 10.6. The summed E-state index contributed by atoms with van der Waals surface area (Å²) in [5, 5.41) is 0. The predicted molar refractivity (Wildman–Crippen MR) is 61.0 cm³/mol. The fraction of sp³-hybridized carbons (Fsp3) is 0.500. The van der Waals surface area contributed by atoms with Crippen LogP contribution in [0, 0.1) is 5.92 Å². The fourth-order valence-corrected chi connectivity index (χ4v) is 1.60. The van der Waals surface area contributed by atoms with E-state index in [1.165, 1.54) is 11.1 Å². The van der Waals surface area contributed by atoms with Crippen LogP contribution in [-0.2, 0) is 6.42 Å². The van der Waals surface area contributed by atoms with Crippen molar-refractivity contribution in [2.24, 2.45) is 17.4 Å². The molecule has 0 heterocycles. The van der Waals surface area contributed by atoms with E-state index in [-0.39, 0.29) is 6.04 Å². The summed E-state index contributed by atoms with van der Waals surface area (Å²) in [4.78, 5) is 0. The average molecular weight is 192 g/mol. The average Bonchev–Trinajstić information content (AvgIpc) is 2.18. The van der Waals surface area contributed by atoms with Crippen molar-refractivity contribution in [3.63, 3.8) is 0 Å². The van der Waals surface area contributed by atoms with Crippen molar-refractivity contribution in [3.05, 3.63) is 35.4 Å². The predicted octanol–water partition coefficient (Wildman–Crippen LogP) is 1.84. The molecule has 78 valence electrons. The van der Waals surface area contributed by atoms with E-state index in [0.717, 1.165) is 6.42 Å². The number of hydrogen-bond acceptors (Lipinski definition) is 2. The summed E-state index contributed by atoms with van der Waals surface area (Å²) in [5.41, 5.74) is 14.2. The molecule has 14 heavy (non-hydrogen) atoms. The van der Waals surface area contributed by atoms with Crippen LogP contribution in [0.4, 0.5) is 0 Å². The lowest BCUT2D eigenvalue weighted by atomic mass is 9.92. The summed E-state index contributed by atoms with van der Waals surface area (Å²) in [6, 6.07) is 8.43. The number of hydrogen-bond donors (Lipinski definition) is 2. The van der Waals surface area contributed by atoms with Crippen LogP contribution in [0.2, 0.25) is 0 Å². The maximum atomic E-state index is 6.13. The maximum Gasteiger partial charge on any atom is 0.0320 e. The Balaban J connectivity index is 2.94. The second kappa shape index (κ2) is 5.13. The van der Waals surface area contributed by atoms with Gasteiger partial charge in [0.25, 0.3) is 0 Å². The van der Waals surface area contributed by atoms with E-state index in [1.807, 2.05) is 12.1 Å². The van der Waals surface area contributed by atoms with Crippen molar-refractivity contribution in [2.45, 2.75) is 26.3 Å². The van der Waals surface area contributed by atoms with Crippen LogP contribution < -0.4 is 11.5 Å². The normalized spacial score (nSPS) is 13.2. The molecular formula is C12H20N2. The van der Waals surface area contributed by atoms with Gasteiger partial charge in [0.2, 0.25) is 0 Å². The van der Waals surface area contributed by atoms with Crippen LogP contribution in [0.5, 0.6) is 0 Å². The van der Waals surface area contributed by atoms with Crippen molar-refractivity contribution in [1.29, 1.82) is 0 Å². The Morgan fingerprint density at radius 2 is 1.86 bits per heavy atom. The Kier molecular flexibility index (Phi) is 4.11. The monoisotopic (exact) mass is 192 g/mol. The number of rotatable bonds is 4. The minimum absolute atomic E-state index is 0.123. The van der Waals surface area contributed by atoms with Gasteiger partial charge in [0.15, 0.2) is 0 Å². The number of benzene rings is 1. The Labute approximate surface area is 86.3 Å². The van der Waals surface area contributed by atoms with Crippen LogP contribution in [0.15, 0.2) is 24.3 Å². The van der Waals surface area contributed by atoms with Gasteiger partial charge in [-0.1, -0.05) is 38.1 Å². The third-order valence-corrected chi connectivity index (χ3v) is 2.55. The summed E-state index contributed by atoms with van der Waals surface area (Å²) >= 11 is 0. The Morgan fingerprint density at radius 1 is 1.21 bits per heavy atom. The summed E-state index contributed by atoms with van der Waals surface area (Å²) < 4.78 is 0. The van der Waals surface area contributed by atoms with Crippen molar-refractivity contribution in [2.75, 3.05) is 6.54 Å². The summed E-state index contributed by atoms with van der Waals surface area (Å²) in [6.07, 6.45) is 0.913. The van der Waals surface area contributed by atoms with Crippen LogP contribution in [0.1, 0.15) is 31.0 Å². The SMILES string of the molecule is CC(C)C(N)c1ccccc1CCN. The molecule has 1 atom stereocenters. The van der Waals surface area contributed by atoms with Crippen LogP contribution >= 0.6 is 0 Å². The lowest BCUT2D eigenvalue weighted by Crippen LogP contribution is -2.19. The zero-order valence-corrected chi connectivity index (χ0v) is 9.03. The molecule has 1 unspecified atom stereocenters. The molecule has 2 nitrogen and oxygen atoms in total. The van der Waals surface area contributed by atoms with Gasteiger partial charge in [-0.15, -0.1) is 0 Å². The van der Waals surface area contributed by atoms with Gasteiger partial charge in [0.1, 0.15) is 0 Å². The summed E-state index contributed by atoms with van der Waals surface area (Å²) in [6.45, 7) is 4.97. The lowest BCUT2D eigenvalue weighted by molar-refractivity contribution is 0.510. The topological polar surface area (TPSA) is 52.0 Å². The first kappa shape index (κ1) is 11.2. The molecule has 1 rings (SSSR count). The Morgan fingerprint density at radius 3 is 2.43 bits per heavy atom. The molecule has 2 heteroatoms. The van der Waals surface area contributed by atoms with E-state index < -0.39 is 0 Å². The van der Waals surface area contributed by atoms with Crippen LogP contribution in [-0.4, -0.2) is 6.54 Å². The molecular weight excluding hydrogens is 172 g/mol. The smallest absolute Gasteiger partial charge is 0.0320 e. The van der Waals surface area contributed by atoms with Gasteiger partial charge in [-0.25, -0.2) is 0 Å². The molecule has 0 radical (unpaired) electrons. The lowest BCUT2D eigenvalue weighted by Gasteiger charge is -2.19. The van der Waals surface area contributed by atoms with Crippen molar-refractivity contribution < 1.29 is 0 Å². The first-order chi connectivity index (χ1) is 6.66. The van der Waals surface area contributed by atoms with Crippen molar-refractivity contribution >= 4 is 0 Å². The summed E-state index contributed by atoms with van der Waals surface area (Å²) in [5.74, 6) is 0.467. The molecule has 0 spiro atoms. The van der Waals surface area contributed by atoms with Gasteiger partial charge in [-0.2, -0.15) is 0 Å². The number of nitrogens with two attached hydrogens (primary N) is 2. The molecule has 4 N–H and O–H groups in total. The van der Waals surface area contributed by atoms with E-state index in [4.69, 9.17) is 11.5 Å². The molecule has 1 aromatic rings. The Hall–Kier alpha value is -0.860. The molecule has 0 saturated heterocycles. The second-order valence-electron chi connectivity index (χ2n) is 4.01. The molecule has 1 aromatic carbocycles. The van der Waals surface area contributed by atoms with E-state index >= 15 is 0 Å². The molecule has 0 aliphatic heterocycles. The Bertz CT molecular complexity index is 281. The molecule has 0 amide bonds. The molecule has 0 aliphatic carbocycles. The highest BCUT2D eigenvalue weighted by molar-refractivity contribution is 5.30. The zero-order valence-electron chi connectivity index (χ0n) is 9.03. The minimum Gasteiger partial charge on any atom is -0.330 e. The fourth-order valence-electron chi connectivity index (χ4n) is 1.60. The molecule has 0 aliphatic rings. The molecule has 0 fully saturated rings. The molecule has 0 aromatic heterocycles. The van der Waals surface area contributed by atoms with E-state index in [1.54, 1.807) is 0 Å². The minimum atomic E-state index is 0.123. The van der Waals surface area contributed by atoms with Gasteiger partial charge in [0, 0.05) is 6.04 Å². The van der Waals surface area contributed by atoms with Crippen molar-refractivity contribution in [1.82, 2.24) is 0 Å². The highest BCUT2D eigenvalue weighted by Crippen LogP contribution is 2.22. The highest BCUT2D eigenvalue weighted by atomic mass is 14.6. The van der Waals surface area contributed by atoms with Crippen molar-refractivity contribution in [3.8, 4) is 0 Å². The second-order valence-corrected chi connectivity index (χ2v) is 4.01. The quantitative estimate of drug-likeness (QED) is 0.765. The van der Waals surface area contributed by atoms with E-state index in [9.17, 15) is 0 Å². The molecule has 0 bridgehead atoms. The molecule has 0 saturated carbocycles. The van der Waals surface area contributed by atoms with Gasteiger partial charge < -0.3 is 11.5 Å².